The molecule has 0 spiro atoms. The molecule has 0 radical (unpaired) electrons. The molecule has 38 heavy (non-hydrogen) atoms. The highest BCUT2D eigenvalue weighted by Crippen LogP contribution is 2.27. The number of fused-ring (bicyclic) bond motifs is 1. The van der Waals surface area contributed by atoms with E-state index in [1.807, 2.05) is 6.07 Å². The Kier molecular flexibility index (Phi) is 7.68. The largest absolute Gasteiger partial charge is 0.375 e. The Morgan fingerprint density at radius 3 is 2.58 bits per heavy atom. The average Bonchev–Trinajstić information content (AvgIpc) is 3.27. The molecule has 0 saturated carbocycles. The van der Waals surface area contributed by atoms with Crippen LogP contribution in [0.1, 0.15) is 38.5 Å². The molecular weight excluding hydrogens is 513 g/mol. The Morgan fingerprint density at radius 1 is 1.21 bits per heavy atom. The molecule has 1 fully saturated rings. The van der Waals surface area contributed by atoms with Crippen molar-refractivity contribution in [2.75, 3.05) is 20.6 Å². The van der Waals surface area contributed by atoms with Gasteiger partial charge in [-0.3, -0.25) is 9.59 Å². The number of aryl methyl sites for hydroxylation is 1. The minimum absolute atomic E-state index is 0.0299. The molecule has 3 N–H and O–H groups in total. The molecule has 3 unspecified atom stereocenters. The molecule has 1 aliphatic carbocycles. The quantitative estimate of drug-likeness (QED) is 0.448. The van der Waals surface area contributed by atoms with E-state index in [2.05, 4.69) is 20.6 Å². The Labute approximate surface area is 219 Å². The molecule has 4 rings (SSSR count). The van der Waals surface area contributed by atoms with E-state index < -0.39 is 28.1 Å². The molecule has 3 atom stereocenters. The van der Waals surface area contributed by atoms with Crippen molar-refractivity contribution in [2.24, 2.45) is 5.92 Å². The fourth-order valence-corrected chi connectivity index (χ4v) is 5.82. The summed E-state index contributed by atoms with van der Waals surface area (Å²) in [7, 11) is -0.912. The summed E-state index contributed by atoms with van der Waals surface area (Å²) in [4.78, 5) is 33.6. The first-order valence-electron chi connectivity index (χ1n) is 11.8. The van der Waals surface area contributed by atoms with Gasteiger partial charge in [-0.05, 0) is 30.5 Å². The summed E-state index contributed by atoms with van der Waals surface area (Å²) in [6.45, 7) is 1.83. The van der Waals surface area contributed by atoms with Crippen LogP contribution in [0, 0.1) is 30.0 Å². The first kappa shape index (κ1) is 27.1. The van der Waals surface area contributed by atoms with Crippen molar-refractivity contribution in [3.63, 3.8) is 0 Å². The standard InChI is InChI=1S/C25H26FN7O4S/c1-15-8-17(5-7-19(15)26)12-28-24(34)20-10-21(30-14-29-20)25(35)31-22-13-33(38(36,37)32(2)3)23-9-16(11-27)4-6-18(22)23/h4-5,7-10,14,18,22H,6,12-13H2,1-3H3,(H,28,34)(H,31,35)/p+1. The molecule has 1 aliphatic heterocycles. The zero-order chi connectivity index (χ0) is 27.6. The third-order valence-corrected chi connectivity index (χ3v) is 8.55. The van der Waals surface area contributed by atoms with Crippen molar-refractivity contribution in [2.45, 2.75) is 25.9 Å². The van der Waals surface area contributed by atoms with E-state index in [1.54, 1.807) is 31.2 Å². The SMILES string of the molecule is Cc1cc(CNC(=O)c2cc(C(=O)NC3C[NH+](S(=O)(=O)N(C)C)C4=CC(C#N)=CCC43)ncn2)ccc1F. The van der Waals surface area contributed by atoms with Crippen LogP contribution in [0.2, 0.25) is 0 Å². The summed E-state index contributed by atoms with van der Waals surface area (Å²) in [5, 5.41) is 14.8. The maximum Gasteiger partial charge on any atom is 0.375 e. The number of nitrogens with one attached hydrogen (secondary N) is 3. The van der Waals surface area contributed by atoms with E-state index in [0.29, 0.717) is 28.8 Å². The van der Waals surface area contributed by atoms with Gasteiger partial charge in [0.15, 0.2) is 0 Å². The molecule has 1 aromatic carbocycles. The minimum atomic E-state index is -3.77. The van der Waals surface area contributed by atoms with Gasteiger partial charge in [0.25, 0.3) is 11.8 Å². The summed E-state index contributed by atoms with van der Waals surface area (Å²) < 4.78 is 40.7. The normalized spacial score (nSPS) is 20.7. The van der Waals surface area contributed by atoms with E-state index in [4.69, 9.17) is 0 Å². The monoisotopic (exact) mass is 540 g/mol. The number of hydrogen-bond donors (Lipinski definition) is 3. The van der Waals surface area contributed by atoms with Crippen LogP contribution in [-0.4, -0.2) is 61.2 Å². The number of carbonyl (C=O) groups excluding carboxylic acids is 2. The van der Waals surface area contributed by atoms with Gasteiger partial charge in [-0.25, -0.2) is 14.4 Å². The van der Waals surface area contributed by atoms with Crippen LogP contribution in [0.5, 0.6) is 0 Å². The van der Waals surface area contributed by atoms with Crippen LogP contribution in [0.4, 0.5) is 4.39 Å². The second-order valence-corrected chi connectivity index (χ2v) is 11.4. The number of quaternary nitrogens is 1. The molecule has 2 aliphatic rings. The van der Waals surface area contributed by atoms with Crippen LogP contribution in [0.15, 0.2) is 54.0 Å². The van der Waals surface area contributed by atoms with E-state index in [9.17, 15) is 27.7 Å². The summed E-state index contributed by atoms with van der Waals surface area (Å²) in [6.07, 6.45) is 4.77. The maximum absolute atomic E-state index is 13.5. The smallest absolute Gasteiger partial charge is 0.347 e. The maximum atomic E-state index is 13.5. The van der Waals surface area contributed by atoms with E-state index in [0.717, 1.165) is 10.6 Å². The fraction of sp³-hybridized carbons (Fsp3) is 0.320. The highest BCUT2D eigenvalue weighted by Gasteiger charge is 2.49. The molecule has 1 aromatic heterocycles. The van der Waals surface area contributed by atoms with Crippen molar-refractivity contribution in [3.8, 4) is 6.07 Å². The molecule has 2 aromatic rings. The van der Waals surface area contributed by atoms with Gasteiger partial charge in [0, 0.05) is 32.8 Å². The number of amides is 2. The highest BCUT2D eigenvalue weighted by atomic mass is 32.2. The summed E-state index contributed by atoms with van der Waals surface area (Å²) in [5.74, 6) is -1.79. The van der Waals surface area contributed by atoms with E-state index >= 15 is 0 Å². The van der Waals surface area contributed by atoms with Gasteiger partial charge in [0.05, 0.1) is 23.6 Å². The third-order valence-electron chi connectivity index (χ3n) is 6.56. The summed E-state index contributed by atoms with van der Waals surface area (Å²) in [6, 6.07) is 7.26. The van der Waals surface area contributed by atoms with Crippen LogP contribution < -0.4 is 14.9 Å². The van der Waals surface area contributed by atoms with Gasteiger partial charge in [-0.1, -0.05) is 18.2 Å². The van der Waals surface area contributed by atoms with Gasteiger partial charge < -0.3 is 10.6 Å². The molecule has 0 bridgehead atoms. The first-order chi connectivity index (χ1) is 18.0. The van der Waals surface area contributed by atoms with Gasteiger partial charge in [-0.2, -0.15) is 22.3 Å². The molecule has 11 nitrogen and oxygen atoms in total. The Bertz CT molecular complexity index is 1500. The highest BCUT2D eigenvalue weighted by molar-refractivity contribution is 7.82. The Morgan fingerprint density at radius 2 is 1.92 bits per heavy atom. The van der Waals surface area contributed by atoms with Crippen molar-refractivity contribution < 1.29 is 26.7 Å². The van der Waals surface area contributed by atoms with Gasteiger partial charge in [0.1, 0.15) is 35.8 Å². The predicted molar refractivity (Wildman–Crippen MR) is 134 cm³/mol. The second kappa shape index (κ2) is 10.8. The summed E-state index contributed by atoms with van der Waals surface area (Å²) >= 11 is 0. The van der Waals surface area contributed by atoms with Crippen molar-refractivity contribution in [1.82, 2.24) is 24.9 Å². The lowest BCUT2D eigenvalue weighted by molar-refractivity contribution is -0.715. The Hall–Kier alpha value is -3.99. The first-order valence-corrected chi connectivity index (χ1v) is 13.2. The number of halogens is 1. The average molecular weight is 541 g/mol. The third kappa shape index (κ3) is 5.47. The molecule has 1 saturated heterocycles. The fourth-order valence-electron chi connectivity index (χ4n) is 4.48. The van der Waals surface area contributed by atoms with Crippen LogP contribution in [-0.2, 0) is 16.8 Å². The van der Waals surface area contributed by atoms with Crippen LogP contribution >= 0.6 is 0 Å². The number of rotatable bonds is 7. The molecule has 13 heteroatoms. The number of hydrogen-bond acceptors (Lipinski definition) is 7. The lowest BCUT2D eigenvalue weighted by Gasteiger charge is -2.20. The number of carbonyl (C=O) groups is 2. The van der Waals surface area contributed by atoms with Gasteiger partial charge in [-0.15, -0.1) is 0 Å². The topological polar surface area (TPSA) is 150 Å². The van der Waals surface area contributed by atoms with Crippen LogP contribution in [0.3, 0.4) is 0 Å². The number of nitriles is 1. The number of nitrogens with zero attached hydrogens (tertiary/aromatic N) is 4. The van der Waals surface area contributed by atoms with E-state index in [-0.39, 0.29) is 40.5 Å². The molecule has 198 valence electrons. The molecule has 2 amide bonds. The predicted octanol–water partition coefficient (Wildman–Crippen LogP) is 0.0112. The van der Waals surface area contributed by atoms with Gasteiger partial charge in [0.2, 0.25) is 0 Å². The molecule has 2 heterocycles. The number of benzene rings is 1. The van der Waals surface area contributed by atoms with Crippen molar-refractivity contribution in [3.05, 3.63) is 82.3 Å². The van der Waals surface area contributed by atoms with Gasteiger partial charge >= 0.3 is 10.2 Å². The van der Waals surface area contributed by atoms with Crippen LogP contribution in [0.25, 0.3) is 0 Å². The van der Waals surface area contributed by atoms with Crippen molar-refractivity contribution >= 4 is 22.0 Å². The Balaban J connectivity index is 1.48. The van der Waals surface area contributed by atoms with Crippen molar-refractivity contribution in [1.29, 1.82) is 5.26 Å². The number of aromatic nitrogens is 2. The summed E-state index contributed by atoms with van der Waals surface area (Å²) in [5.41, 5.74) is 1.96. The molecular formula is C25H27FN7O4S+. The minimum Gasteiger partial charge on any atom is -0.347 e. The zero-order valence-electron chi connectivity index (χ0n) is 21.0. The zero-order valence-corrected chi connectivity index (χ0v) is 21.8. The van der Waals surface area contributed by atoms with E-state index in [1.165, 1.54) is 26.2 Å². The lowest BCUT2D eigenvalue weighted by atomic mass is 9.90. The number of allylic oxidation sites excluding steroid dienone is 3. The lowest BCUT2D eigenvalue weighted by Crippen LogP contribution is -3.12. The second-order valence-electron chi connectivity index (χ2n) is 9.26.